The quantitative estimate of drug-likeness (QED) is 0.900. The summed E-state index contributed by atoms with van der Waals surface area (Å²) >= 11 is 6.54. The monoisotopic (exact) mass is 346 g/mol. The van der Waals surface area contributed by atoms with E-state index in [1.165, 1.54) is 0 Å². The summed E-state index contributed by atoms with van der Waals surface area (Å²) in [4.78, 5) is 2.44. The molecule has 1 aliphatic heterocycles. The lowest BCUT2D eigenvalue weighted by atomic mass is 9.95. The number of rotatable bonds is 5. The number of hydrogen-bond donors (Lipinski definition) is 1. The summed E-state index contributed by atoms with van der Waals surface area (Å²) in [6.45, 7) is 3.84. The van der Waals surface area contributed by atoms with Crippen molar-refractivity contribution >= 4 is 11.6 Å². The van der Waals surface area contributed by atoms with Gasteiger partial charge in [0.2, 0.25) is 0 Å². The zero-order chi connectivity index (χ0) is 16.9. The number of nitrogens with zero attached hydrogens (tertiary/aromatic N) is 1. The Hall–Kier alpha value is -1.75. The van der Waals surface area contributed by atoms with E-state index in [0.717, 1.165) is 53.8 Å². The Morgan fingerprint density at radius 1 is 0.958 bits per heavy atom. The highest BCUT2D eigenvalue weighted by molar-refractivity contribution is 6.31. The number of methoxy groups -OCH3 is 2. The van der Waals surface area contributed by atoms with Crippen LogP contribution in [0.15, 0.2) is 42.5 Å². The van der Waals surface area contributed by atoms with Crippen LogP contribution in [0.3, 0.4) is 0 Å². The zero-order valence-corrected chi connectivity index (χ0v) is 14.8. The van der Waals surface area contributed by atoms with E-state index in [2.05, 4.69) is 22.3 Å². The predicted octanol–water partition coefficient (Wildman–Crippen LogP) is 3.35. The van der Waals surface area contributed by atoms with Gasteiger partial charge in [0, 0.05) is 36.8 Å². The second-order valence-corrected chi connectivity index (χ2v) is 6.20. The van der Waals surface area contributed by atoms with E-state index < -0.39 is 0 Å². The van der Waals surface area contributed by atoms with E-state index in [9.17, 15) is 0 Å². The Kier molecular flexibility index (Phi) is 5.61. The standard InChI is InChI=1S/C19H23ClN2O2/c1-23-17-9-5-7-15(19(17)24-2)18(22-12-10-21-11-13-22)14-6-3-4-8-16(14)20/h3-9,18,21H,10-13H2,1-2H3. The van der Waals surface area contributed by atoms with Gasteiger partial charge in [0.1, 0.15) is 0 Å². The molecule has 2 aromatic rings. The van der Waals surface area contributed by atoms with Crippen molar-refractivity contribution in [2.45, 2.75) is 6.04 Å². The number of benzene rings is 2. The fourth-order valence-electron chi connectivity index (χ4n) is 3.33. The molecule has 1 atom stereocenters. The Balaban J connectivity index is 2.13. The lowest BCUT2D eigenvalue weighted by Gasteiger charge is -2.36. The number of ether oxygens (including phenoxy) is 2. The topological polar surface area (TPSA) is 33.7 Å². The summed E-state index contributed by atoms with van der Waals surface area (Å²) in [5.41, 5.74) is 2.17. The highest BCUT2D eigenvalue weighted by Crippen LogP contribution is 2.41. The summed E-state index contributed by atoms with van der Waals surface area (Å²) in [5.74, 6) is 1.51. The fraction of sp³-hybridized carbons (Fsp3) is 0.368. The maximum absolute atomic E-state index is 6.54. The average Bonchev–Trinajstić information content (AvgIpc) is 2.64. The first kappa shape index (κ1) is 17.1. The van der Waals surface area contributed by atoms with Crippen molar-refractivity contribution in [3.63, 3.8) is 0 Å². The summed E-state index contributed by atoms with van der Waals surface area (Å²) in [6, 6.07) is 14.1. The van der Waals surface area contributed by atoms with Crippen molar-refractivity contribution in [3.8, 4) is 11.5 Å². The molecule has 4 nitrogen and oxygen atoms in total. The highest BCUT2D eigenvalue weighted by Gasteiger charge is 2.29. The molecule has 0 spiro atoms. The van der Waals surface area contributed by atoms with E-state index in [1.807, 2.05) is 30.3 Å². The molecule has 1 aliphatic rings. The van der Waals surface area contributed by atoms with E-state index in [-0.39, 0.29) is 6.04 Å². The van der Waals surface area contributed by atoms with Crippen molar-refractivity contribution in [1.82, 2.24) is 10.2 Å². The van der Waals surface area contributed by atoms with Crippen molar-refractivity contribution in [2.24, 2.45) is 0 Å². The SMILES string of the molecule is COc1cccc(C(c2ccccc2Cl)N2CCNCC2)c1OC. The van der Waals surface area contributed by atoms with Crippen molar-refractivity contribution in [2.75, 3.05) is 40.4 Å². The molecule has 1 fully saturated rings. The molecule has 1 N–H and O–H groups in total. The maximum Gasteiger partial charge on any atom is 0.165 e. The van der Waals surface area contributed by atoms with Gasteiger partial charge in [-0.3, -0.25) is 4.90 Å². The molecule has 2 aromatic carbocycles. The number of halogens is 1. The minimum absolute atomic E-state index is 0.0332. The molecular formula is C19H23ClN2O2. The normalized spacial score (nSPS) is 16.6. The van der Waals surface area contributed by atoms with E-state index >= 15 is 0 Å². The van der Waals surface area contributed by atoms with Crippen LogP contribution < -0.4 is 14.8 Å². The van der Waals surface area contributed by atoms with E-state index in [1.54, 1.807) is 14.2 Å². The second kappa shape index (κ2) is 7.88. The predicted molar refractivity (Wildman–Crippen MR) is 97.3 cm³/mol. The summed E-state index contributed by atoms with van der Waals surface area (Å²) < 4.78 is 11.2. The van der Waals surface area contributed by atoms with Crippen LogP contribution in [0.1, 0.15) is 17.2 Å². The molecule has 0 saturated carbocycles. The Morgan fingerprint density at radius 2 is 1.67 bits per heavy atom. The van der Waals surface area contributed by atoms with Gasteiger partial charge in [-0.15, -0.1) is 0 Å². The summed E-state index contributed by atoms with van der Waals surface area (Å²) in [5, 5.41) is 4.18. The number of para-hydroxylation sites is 1. The highest BCUT2D eigenvalue weighted by atomic mass is 35.5. The average molecular weight is 347 g/mol. The van der Waals surface area contributed by atoms with Gasteiger partial charge in [0.05, 0.1) is 20.3 Å². The smallest absolute Gasteiger partial charge is 0.165 e. The van der Waals surface area contributed by atoms with Crippen molar-refractivity contribution in [1.29, 1.82) is 0 Å². The van der Waals surface area contributed by atoms with Gasteiger partial charge in [-0.2, -0.15) is 0 Å². The molecule has 0 aliphatic carbocycles. The van der Waals surface area contributed by atoms with Crippen molar-refractivity contribution in [3.05, 3.63) is 58.6 Å². The Morgan fingerprint density at radius 3 is 2.33 bits per heavy atom. The van der Waals surface area contributed by atoms with Crippen LogP contribution in [-0.4, -0.2) is 45.3 Å². The fourth-order valence-corrected chi connectivity index (χ4v) is 3.56. The third-order valence-electron chi connectivity index (χ3n) is 4.44. The van der Waals surface area contributed by atoms with Crippen molar-refractivity contribution < 1.29 is 9.47 Å². The van der Waals surface area contributed by atoms with Crippen LogP contribution in [0.2, 0.25) is 5.02 Å². The molecule has 1 unspecified atom stereocenters. The Bertz CT molecular complexity index is 687. The first-order chi connectivity index (χ1) is 11.8. The number of nitrogens with one attached hydrogen (secondary N) is 1. The van der Waals surface area contributed by atoms with Gasteiger partial charge in [0.15, 0.2) is 11.5 Å². The molecule has 0 amide bonds. The third kappa shape index (κ3) is 3.36. The molecule has 128 valence electrons. The van der Waals surface area contributed by atoms with Gasteiger partial charge in [0.25, 0.3) is 0 Å². The van der Waals surface area contributed by atoms with Crippen LogP contribution >= 0.6 is 11.6 Å². The first-order valence-electron chi connectivity index (χ1n) is 8.16. The molecule has 3 rings (SSSR count). The lowest BCUT2D eigenvalue weighted by Crippen LogP contribution is -2.45. The van der Waals surface area contributed by atoms with Crippen LogP contribution in [0, 0.1) is 0 Å². The summed E-state index contributed by atoms with van der Waals surface area (Å²) in [6.07, 6.45) is 0. The minimum atomic E-state index is 0.0332. The molecule has 0 radical (unpaired) electrons. The molecule has 0 aromatic heterocycles. The van der Waals surface area contributed by atoms with Crippen LogP contribution in [0.25, 0.3) is 0 Å². The molecule has 1 heterocycles. The summed E-state index contributed by atoms with van der Waals surface area (Å²) in [7, 11) is 3.35. The molecular weight excluding hydrogens is 324 g/mol. The van der Waals surface area contributed by atoms with E-state index in [4.69, 9.17) is 21.1 Å². The largest absolute Gasteiger partial charge is 0.493 e. The van der Waals surface area contributed by atoms with Gasteiger partial charge < -0.3 is 14.8 Å². The van der Waals surface area contributed by atoms with E-state index in [0.29, 0.717) is 0 Å². The van der Waals surface area contributed by atoms with Crippen LogP contribution in [0.4, 0.5) is 0 Å². The second-order valence-electron chi connectivity index (χ2n) is 5.79. The van der Waals surface area contributed by atoms with Gasteiger partial charge in [-0.25, -0.2) is 0 Å². The van der Waals surface area contributed by atoms with Gasteiger partial charge in [-0.05, 0) is 17.7 Å². The minimum Gasteiger partial charge on any atom is -0.493 e. The van der Waals surface area contributed by atoms with Gasteiger partial charge in [-0.1, -0.05) is 41.9 Å². The molecule has 1 saturated heterocycles. The number of piperazine rings is 1. The molecule has 5 heteroatoms. The maximum atomic E-state index is 6.54. The van der Waals surface area contributed by atoms with Gasteiger partial charge >= 0.3 is 0 Å². The van der Waals surface area contributed by atoms with Crippen LogP contribution in [0.5, 0.6) is 11.5 Å². The molecule has 24 heavy (non-hydrogen) atoms. The first-order valence-corrected chi connectivity index (χ1v) is 8.54. The third-order valence-corrected chi connectivity index (χ3v) is 4.79. The number of hydrogen-bond acceptors (Lipinski definition) is 4. The zero-order valence-electron chi connectivity index (χ0n) is 14.1. The lowest BCUT2D eigenvalue weighted by molar-refractivity contribution is 0.194. The molecule has 0 bridgehead atoms. The Labute approximate surface area is 148 Å². The van der Waals surface area contributed by atoms with Crippen LogP contribution in [-0.2, 0) is 0 Å².